The molecule has 2 aromatic heterocycles. The molecule has 6 rings (SSSR count). The Bertz CT molecular complexity index is 1770. The van der Waals surface area contributed by atoms with Gasteiger partial charge in [-0.2, -0.15) is 9.78 Å². The Morgan fingerprint density at radius 1 is 0.853 bits per heavy atom. The lowest BCUT2D eigenvalue weighted by Gasteiger charge is -2.07. The summed E-state index contributed by atoms with van der Waals surface area (Å²) < 4.78 is 3.60. The minimum absolute atomic E-state index is 0.167. The third-order valence-corrected chi connectivity index (χ3v) is 6.21. The van der Waals surface area contributed by atoms with E-state index in [1.807, 2.05) is 30.3 Å². The third-order valence-electron chi connectivity index (χ3n) is 6.21. The monoisotopic (exact) mass is 442 g/mol. The van der Waals surface area contributed by atoms with Gasteiger partial charge in [-0.25, -0.2) is 4.98 Å². The van der Waals surface area contributed by atoms with Crippen LogP contribution in [0, 0.1) is 6.92 Å². The molecule has 5 nitrogen and oxygen atoms in total. The van der Waals surface area contributed by atoms with Crippen LogP contribution < -0.4 is 5.56 Å². The highest BCUT2D eigenvalue weighted by Gasteiger charge is 2.10. The van der Waals surface area contributed by atoms with Crippen LogP contribution in [0.25, 0.3) is 32.6 Å². The predicted octanol–water partition coefficient (Wildman–Crippen LogP) is 5.74. The molecule has 0 spiro atoms. The van der Waals surface area contributed by atoms with Gasteiger partial charge in [0.1, 0.15) is 5.82 Å². The van der Waals surface area contributed by atoms with Crippen molar-refractivity contribution in [3.63, 3.8) is 0 Å². The molecule has 0 atom stereocenters. The Morgan fingerprint density at radius 2 is 1.59 bits per heavy atom. The molecule has 0 radical (unpaired) electrons. The summed E-state index contributed by atoms with van der Waals surface area (Å²) in [6, 6.07) is 30.6. The number of hydrogen-bond acceptors (Lipinski definition) is 3. The van der Waals surface area contributed by atoms with Crippen molar-refractivity contribution in [2.24, 2.45) is 5.10 Å². The van der Waals surface area contributed by atoms with Crippen LogP contribution in [0.5, 0.6) is 0 Å². The number of aryl methyl sites for hydroxylation is 1. The van der Waals surface area contributed by atoms with E-state index in [4.69, 9.17) is 0 Å². The van der Waals surface area contributed by atoms with Gasteiger partial charge < -0.3 is 4.57 Å². The first-order valence-electron chi connectivity index (χ1n) is 11.3. The van der Waals surface area contributed by atoms with Gasteiger partial charge >= 0.3 is 0 Å². The van der Waals surface area contributed by atoms with E-state index >= 15 is 0 Å². The zero-order valence-electron chi connectivity index (χ0n) is 18.7. The molecule has 34 heavy (non-hydrogen) atoms. The van der Waals surface area contributed by atoms with E-state index in [0.29, 0.717) is 16.7 Å². The first-order chi connectivity index (χ1) is 16.7. The van der Waals surface area contributed by atoms with Crippen molar-refractivity contribution in [1.82, 2.24) is 14.2 Å². The minimum atomic E-state index is -0.167. The summed E-state index contributed by atoms with van der Waals surface area (Å²) >= 11 is 0. The number of para-hydroxylation sites is 2. The summed E-state index contributed by atoms with van der Waals surface area (Å²) in [6.07, 6.45) is 3.85. The SMILES string of the molecule is Cc1nc2ccccc2c(=O)n1/N=C\c1cn(Cc2ccc3ccccc3c2)c2ccccc12. The van der Waals surface area contributed by atoms with Crippen LogP contribution in [0.3, 0.4) is 0 Å². The molecule has 0 saturated carbocycles. The summed E-state index contributed by atoms with van der Waals surface area (Å²) in [7, 11) is 0. The fourth-order valence-corrected chi connectivity index (χ4v) is 4.53. The van der Waals surface area contributed by atoms with Crippen LogP contribution in [0.1, 0.15) is 17.0 Å². The number of aromatic nitrogens is 3. The van der Waals surface area contributed by atoms with Gasteiger partial charge in [0, 0.05) is 29.2 Å². The lowest BCUT2D eigenvalue weighted by Crippen LogP contribution is -2.20. The molecule has 0 bridgehead atoms. The molecule has 0 unspecified atom stereocenters. The Balaban J connectivity index is 1.41. The molecular weight excluding hydrogens is 420 g/mol. The zero-order chi connectivity index (χ0) is 23.1. The first-order valence-corrected chi connectivity index (χ1v) is 11.3. The maximum Gasteiger partial charge on any atom is 0.282 e. The van der Waals surface area contributed by atoms with Crippen LogP contribution in [0.2, 0.25) is 0 Å². The number of rotatable bonds is 4. The molecule has 0 amide bonds. The normalized spacial score (nSPS) is 11.8. The molecule has 6 aromatic rings. The van der Waals surface area contributed by atoms with E-state index in [1.54, 1.807) is 19.2 Å². The number of benzene rings is 4. The second kappa shape index (κ2) is 8.12. The molecular formula is C29H22N4O. The van der Waals surface area contributed by atoms with E-state index in [1.165, 1.54) is 21.0 Å². The molecule has 5 heteroatoms. The largest absolute Gasteiger partial charge is 0.342 e. The summed E-state index contributed by atoms with van der Waals surface area (Å²) in [5.74, 6) is 0.555. The van der Waals surface area contributed by atoms with E-state index < -0.39 is 0 Å². The second-order valence-corrected chi connectivity index (χ2v) is 8.45. The summed E-state index contributed by atoms with van der Waals surface area (Å²) in [4.78, 5) is 17.5. The van der Waals surface area contributed by atoms with Crippen molar-refractivity contribution in [1.29, 1.82) is 0 Å². The van der Waals surface area contributed by atoms with Crippen LogP contribution >= 0.6 is 0 Å². The second-order valence-electron chi connectivity index (χ2n) is 8.45. The Kier molecular flexibility index (Phi) is 4.81. The number of hydrogen-bond donors (Lipinski definition) is 0. The molecule has 0 fully saturated rings. The molecule has 0 aliphatic carbocycles. The lowest BCUT2D eigenvalue weighted by molar-refractivity contribution is 0.770. The van der Waals surface area contributed by atoms with Crippen molar-refractivity contribution in [3.05, 3.63) is 124 Å². The van der Waals surface area contributed by atoms with E-state index in [9.17, 15) is 4.79 Å². The van der Waals surface area contributed by atoms with E-state index in [0.717, 1.165) is 23.0 Å². The van der Waals surface area contributed by atoms with Gasteiger partial charge in [0.15, 0.2) is 0 Å². The van der Waals surface area contributed by atoms with E-state index in [-0.39, 0.29) is 5.56 Å². The topological polar surface area (TPSA) is 52.2 Å². The Labute approximate surface area is 196 Å². The van der Waals surface area contributed by atoms with Crippen molar-refractivity contribution in [2.75, 3.05) is 0 Å². The maximum atomic E-state index is 13.0. The highest BCUT2D eigenvalue weighted by molar-refractivity contribution is 5.99. The number of nitrogens with zero attached hydrogens (tertiary/aromatic N) is 4. The lowest BCUT2D eigenvalue weighted by atomic mass is 10.1. The van der Waals surface area contributed by atoms with Crippen molar-refractivity contribution < 1.29 is 0 Å². The van der Waals surface area contributed by atoms with Gasteiger partial charge in [-0.05, 0) is 47.5 Å². The van der Waals surface area contributed by atoms with Crippen molar-refractivity contribution in [2.45, 2.75) is 13.5 Å². The minimum Gasteiger partial charge on any atom is -0.342 e. The van der Waals surface area contributed by atoms with Gasteiger partial charge in [-0.15, -0.1) is 0 Å². The van der Waals surface area contributed by atoms with Crippen LogP contribution in [-0.2, 0) is 6.54 Å². The molecule has 0 aliphatic rings. The number of fused-ring (bicyclic) bond motifs is 3. The Morgan fingerprint density at radius 3 is 2.47 bits per heavy atom. The van der Waals surface area contributed by atoms with Gasteiger partial charge in [0.25, 0.3) is 5.56 Å². The van der Waals surface area contributed by atoms with Gasteiger partial charge in [-0.3, -0.25) is 4.79 Å². The Hall–Kier alpha value is -4.51. The fourth-order valence-electron chi connectivity index (χ4n) is 4.53. The summed E-state index contributed by atoms with van der Waals surface area (Å²) in [5.41, 5.74) is 3.82. The van der Waals surface area contributed by atoms with Crippen molar-refractivity contribution in [3.8, 4) is 0 Å². The molecule has 0 saturated heterocycles. The van der Waals surface area contributed by atoms with E-state index in [2.05, 4.69) is 75.4 Å². The van der Waals surface area contributed by atoms with Gasteiger partial charge in [0.2, 0.25) is 0 Å². The molecule has 0 N–H and O–H groups in total. The quantitative estimate of drug-likeness (QED) is 0.327. The van der Waals surface area contributed by atoms with Gasteiger partial charge in [0.05, 0.1) is 17.1 Å². The first kappa shape index (κ1) is 20.1. The fraction of sp³-hybridized carbons (Fsp3) is 0.0690. The highest BCUT2D eigenvalue weighted by atomic mass is 16.1. The average Bonchev–Trinajstić information content (AvgIpc) is 3.21. The molecule has 164 valence electrons. The third kappa shape index (κ3) is 3.48. The average molecular weight is 443 g/mol. The van der Waals surface area contributed by atoms with Crippen LogP contribution in [0.15, 0.2) is 107 Å². The summed E-state index contributed by atoms with van der Waals surface area (Å²) in [6.45, 7) is 2.55. The summed E-state index contributed by atoms with van der Waals surface area (Å²) in [5, 5.41) is 8.66. The maximum absolute atomic E-state index is 13.0. The standard InChI is InChI=1S/C29H22N4O/c1-20-31-27-12-6-4-11-26(27)29(34)33(20)30-17-24-19-32(28-13-7-5-10-25(24)28)18-21-14-15-22-8-2-3-9-23(22)16-21/h2-17,19H,18H2,1H3/b30-17-. The molecule has 2 heterocycles. The van der Waals surface area contributed by atoms with Crippen LogP contribution in [0.4, 0.5) is 0 Å². The van der Waals surface area contributed by atoms with Crippen LogP contribution in [-0.4, -0.2) is 20.4 Å². The van der Waals surface area contributed by atoms with Crippen molar-refractivity contribution >= 4 is 38.8 Å². The highest BCUT2D eigenvalue weighted by Crippen LogP contribution is 2.23. The molecule has 0 aliphatic heterocycles. The molecule has 4 aromatic carbocycles. The smallest absolute Gasteiger partial charge is 0.282 e. The van der Waals surface area contributed by atoms with Gasteiger partial charge in [-0.1, -0.05) is 66.7 Å². The zero-order valence-corrected chi connectivity index (χ0v) is 18.7. The predicted molar refractivity (Wildman–Crippen MR) is 139 cm³/mol.